The first-order valence-electron chi connectivity index (χ1n) is 11.1. The highest BCUT2D eigenvalue weighted by molar-refractivity contribution is 7.89. The summed E-state index contributed by atoms with van der Waals surface area (Å²) in [5, 5.41) is 0. The lowest BCUT2D eigenvalue weighted by molar-refractivity contribution is -0.116. The normalized spacial score (nSPS) is 17.2. The Kier molecular flexibility index (Phi) is 6.44. The lowest BCUT2D eigenvalue weighted by Gasteiger charge is -2.36. The number of nitrogens with zero attached hydrogens (tertiary/aromatic N) is 3. The van der Waals surface area contributed by atoms with Crippen molar-refractivity contribution >= 4 is 27.3 Å². The molecule has 2 aliphatic heterocycles. The van der Waals surface area contributed by atoms with Crippen molar-refractivity contribution in [1.29, 1.82) is 0 Å². The van der Waals surface area contributed by atoms with Gasteiger partial charge in [0.25, 0.3) is 0 Å². The first kappa shape index (κ1) is 22.6. The third kappa shape index (κ3) is 4.47. The second-order valence-corrected chi connectivity index (χ2v) is 10.5. The molecule has 0 saturated carbocycles. The minimum atomic E-state index is -3.70. The van der Waals surface area contributed by atoms with Crippen molar-refractivity contribution in [3.8, 4) is 5.75 Å². The number of ether oxygens (including phenoxy) is 1. The molecule has 0 aromatic heterocycles. The van der Waals surface area contributed by atoms with E-state index in [0.717, 1.165) is 35.3 Å². The molecule has 0 aliphatic carbocycles. The Labute approximate surface area is 190 Å². The first-order valence-corrected chi connectivity index (χ1v) is 12.7. The molecule has 32 heavy (non-hydrogen) atoms. The molecule has 0 N–H and O–H groups in total. The number of methoxy groups -OCH3 is 1. The molecule has 7 nitrogen and oxygen atoms in total. The van der Waals surface area contributed by atoms with E-state index in [1.54, 1.807) is 12.0 Å². The Balaban J connectivity index is 1.46. The van der Waals surface area contributed by atoms with E-state index >= 15 is 0 Å². The molecule has 1 fully saturated rings. The van der Waals surface area contributed by atoms with Crippen molar-refractivity contribution in [3.05, 3.63) is 53.1 Å². The zero-order chi connectivity index (χ0) is 22.9. The molecule has 2 aromatic carbocycles. The van der Waals surface area contributed by atoms with Crippen molar-refractivity contribution < 1.29 is 17.9 Å². The molecule has 2 aromatic rings. The van der Waals surface area contributed by atoms with Crippen molar-refractivity contribution in [1.82, 2.24) is 4.31 Å². The molecule has 2 aliphatic rings. The van der Waals surface area contributed by atoms with E-state index in [1.807, 2.05) is 44.2 Å². The number of fused-ring (bicyclic) bond motifs is 1. The number of hydrogen-bond acceptors (Lipinski definition) is 5. The smallest absolute Gasteiger partial charge is 0.243 e. The molecule has 2 heterocycles. The van der Waals surface area contributed by atoms with Crippen LogP contribution >= 0.6 is 0 Å². The molecule has 8 heteroatoms. The summed E-state index contributed by atoms with van der Waals surface area (Å²) >= 11 is 0. The lowest BCUT2D eigenvalue weighted by Crippen LogP contribution is -2.51. The van der Waals surface area contributed by atoms with E-state index in [1.165, 1.54) is 9.87 Å². The number of carbonyl (C=O) groups excluding carboxylic acids is 1. The monoisotopic (exact) mass is 457 g/mol. The van der Waals surface area contributed by atoms with E-state index < -0.39 is 21.7 Å². The third-order valence-corrected chi connectivity index (χ3v) is 8.15. The van der Waals surface area contributed by atoms with E-state index in [2.05, 4.69) is 11.0 Å². The molecule has 1 amide bonds. The van der Waals surface area contributed by atoms with Crippen LogP contribution in [0.25, 0.3) is 0 Å². The Morgan fingerprint density at radius 2 is 1.78 bits per heavy atom. The predicted octanol–water partition coefficient (Wildman–Crippen LogP) is 2.74. The molecule has 1 saturated heterocycles. The van der Waals surface area contributed by atoms with Crippen LogP contribution in [0.1, 0.15) is 23.1 Å². The van der Waals surface area contributed by atoms with Gasteiger partial charge in [-0.2, -0.15) is 4.31 Å². The fourth-order valence-corrected chi connectivity index (χ4v) is 6.01. The predicted molar refractivity (Wildman–Crippen MR) is 127 cm³/mol. The molecule has 0 atom stereocenters. The second kappa shape index (κ2) is 9.11. The topological polar surface area (TPSA) is 70.2 Å². The fraction of sp³-hybridized carbons (Fsp3) is 0.458. The van der Waals surface area contributed by atoms with Gasteiger partial charge in [0.05, 0.1) is 12.8 Å². The van der Waals surface area contributed by atoms with Crippen LogP contribution in [-0.2, 0) is 21.2 Å². The minimum Gasteiger partial charge on any atom is -0.495 e. The number of sulfonamides is 1. The number of piperazine rings is 1. The zero-order valence-corrected chi connectivity index (χ0v) is 19.8. The molecule has 0 unspecified atom stereocenters. The SMILES string of the molecule is COc1ccc(C)c2c1N(C(=O)CS(=O)(=O)N1CCN(c3cccc(C)c3)CC1)CCC2. The number of rotatable bonds is 5. The van der Waals surface area contributed by atoms with Gasteiger partial charge < -0.3 is 14.5 Å². The van der Waals surface area contributed by atoms with E-state index in [-0.39, 0.29) is 0 Å². The van der Waals surface area contributed by atoms with Gasteiger partial charge in [-0.15, -0.1) is 0 Å². The van der Waals surface area contributed by atoms with Gasteiger partial charge in [0.2, 0.25) is 15.9 Å². The maximum Gasteiger partial charge on any atom is 0.243 e. The average molecular weight is 458 g/mol. The second-order valence-electron chi connectivity index (χ2n) is 8.54. The van der Waals surface area contributed by atoms with Crippen molar-refractivity contribution in [2.45, 2.75) is 26.7 Å². The molecule has 4 rings (SSSR count). The van der Waals surface area contributed by atoms with Gasteiger partial charge in [-0.3, -0.25) is 4.79 Å². The summed E-state index contributed by atoms with van der Waals surface area (Å²) in [5.74, 6) is -0.299. The van der Waals surface area contributed by atoms with Crippen molar-refractivity contribution in [2.75, 3.05) is 55.4 Å². The van der Waals surface area contributed by atoms with Crippen LogP contribution in [0.5, 0.6) is 5.75 Å². The van der Waals surface area contributed by atoms with Gasteiger partial charge in [-0.1, -0.05) is 18.2 Å². The van der Waals surface area contributed by atoms with E-state index in [9.17, 15) is 13.2 Å². The van der Waals surface area contributed by atoms with Gasteiger partial charge >= 0.3 is 0 Å². The van der Waals surface area contributed by atoms with Crippen LogP contribution in [0.2, 0.25) is 0 Å². The van der Waals surface area contributed by atoms with Crippen LogP contribution in [0, 0.1) is 13.8 Å². The van der Waals surface area contributed by atoms with Crippen molar-refractivity contribution in [2.24, 2.45) is 0 Å². The Morgan fingerprint density at radius 3 is 2.47 bits per heavy atom. The molecule has 0 radical (unpaired) electrons. The summed E-state index contributed by atoms with van der Waals surface area (Å²) in [6, 6.07) is 12.0. The van der Waals surface area contributed by atoms with Crippen LogP contribution < -0.4 is 14.5 Å². The summed E-state index contributed by atoms with van der Waals surface area (Å²) in [5.41, 5.74) is 5.16. The fourth-order valence-electron chi connectivity index (χ4n) is 4.64. The highest BCUT2D eigenvalue weighted by Crippen LogP contribution is 2.38. The first-order chi connectivity index (χ1) is 15.3. The average Bonchev–Trinajstić information content (AvgIpc) is 2.79. The summed E-state index contributed by atoms with van der Waals surface area (Å²) in [6.07, 6.45) is 1.66. The van der Waals surface area contributed by atoms with E-state index in [0.29, 0.717) is 38.5 Å². The maximum absolute atomic E-state index is 13.2. The van der Waals surface area contributed by atoms with Crippen LogP contribution in [0.15, 0.2) is 36.4 Å². The highest BCUT2D eigenvalue weighted by atomic mass is 32.2. The van der Waals surface area contributed by atoms with Crippen LogP contribution in [-0.4, -0.2) is 64.2 Å². The van der Waals surface area contributed by atoms with Gasteiger partial charge in [-0.25, -0.2) is 8.42 Å². The summed E-state index contributed by atoms with van der Waals surface area (Å²) in [6.45, 7) is 6.53. The van der Waals surface area contributed by atoms with Crippen LogP contribution in [0.3, 0.4) is 0 Å². The summed E-state index contributed by atoms with van der Waals surface area (Å²) in [7, 11) is -2.13. The van der Waals surface area contributed by atoms with Gasteiger partial charge in [0.1, 0.15) is 11.5 Å². The summed E-state index contributed by atoms with van der Waals surface area (Å²) in [4.78, 5) is 17.0. The maximum atomic E-state index is 13.2. The quantitative estimate of drug-likeness (QED) is 0.691. The number of hydrogen-bond donors (Lipinski definition) is 0. The van der Waals surface area contributed by atoms with Crippen molar-refractivity contribution in [3.63, 3.8) is 0 Å². The van der Waals surface area contributed by atoms with E-state index in [4.69, 9.17) is 4.74 Å². The molecular weight excluding hydrogens is 426 g/mol. The third-order valence-electron chi connectivity index (χ3n) is 6.38. The molecular formula is C24H31N3O4S. The Morgan fingerprint density at radius 1 is 1.03 bits per heavy atom. The highest BCUT2D eigenvalue weighted by Gasteiger charge is 2.34. The minimum absolute atomic E-state index is 0.378. The lowest BCUT2D eigenvalue weighted by atomic mass is 9.96. The van der Waals surface area contributed by atoms with Gasteiger partial charge in [0.15, 0.2) is 0 Å². The number of carbonyl (C=O) groups is 1. The zero-order valence-electron chi connectivity index (χ0n) is 19.0. The number of amides is 1. The standard InChI is InChI=1S/C24H31N3O4S/c1-18-6-4-7-20(16-18)25-12-14-26(15-13-25)32(29,30)17-23(28)27-11-5-8-21-19(2)9-10-22(31-3)24(21)27/h4,6-7,9-10,16H,5,8,11-15,17H2,1-3H3. The Bertz CT molecular complexity index is 1110. The molecule has 0 spiro atoms. The largest absolute Gasteiger partial charge is 0.495 e. The molecule has 172 valence electrons. The summed E-state index contributed by atoms with van der Waals surface area (Å²) < 4.78 is 33.1. The van der Waals surface area contributed by atoms with Crippen LogP contribution in [0.4, 0.5) is 11.4 Å². The number of benzene rings is 2. The van der Waals surface area contributed by atoms with Gasteiger partial charge in [0, 0.05) is 38.4 Å². The van der Waals surface area contributed by atoms with Gasteiger partial charge in [-0.05, 0) is 61.6 Å². The number of anilines is 2. The Hall–Kier alpha value is -2.58. The number of aryl methyl sites for hydroxylation is 2. The molecule has 0 bridgehead atoms.